The van der Waals surface area contributed by atoms with E-state index in [1.54, 1.807) is 12.2 Å². The zero-order chi connectivity index (χ0) is 15.1. The van der Waals surface area contributed by atoms with E-state index in [1.807, 2.05) is 0 Å². The molecule has 8 nitrogen and oxygen atoms in total. The van der Waals surface area contributed by atoms with Gasteiger partial charge in [-0.25, -0.2) is 0 Å². The Labute approximate surface area is 119 Å². The number of aliphatic hydroxyl groups excluding tert-OH is 3. The highest BCUT2D eigenvalue weighted by Gasteiger charge is 2.43. The summed E-state index contributed by atoms with van der Waals surface area (Å²) in [5, 5.41) is 39.4. The molecule has 1 aromatic rings. The van der Waals surface area contributed by atoms with Gasteiger partial charge in [0.05, 0.1) is 24.4 Å². The number of rotatable bonds is 2. The Morgan fingerprint density at radius 2 is 2.10 bits per heavy atom. The summed E-state index contributed by atoms with van der Waals surface area (Å²) in [4.78, 5) is 12.4. The average Bonchev–Trinajstić information content (AvgIpc) is 2.76. The van der Waals surface area contributed by atoms with Gasteiger partial charge in [-0.05, 0) is 12.1 Å². The maximum absolute atomic E-state index is 12.4. The number of hydrogen-bond acceptors (Lipinski definition) is 7. The van der Waals surface area contributed by atoms with E-state index in [0.717, 1.165) is 9.63 Å². The molecular formula is C13H16N2O6. The Morgan fingerprint density at radius 3 is 2.76 bits per heavy atom. The normalized spacial score (nSPS) is 31.5. The average molecular weight is 296 g/mol. The second-order valence-corrected chi connectivity index (χ2v) is 5.04. The number of pyridine rings is 1. The molecule has 0 radical (unpaired) electrons. The fourth-order valence-electron chi connectivity index (χ4n) is 2.62. The third-order valence-electron chi connectivity index (χ3n) is 3.77. The first kappa shape index (κ1) is 14.2. The molecule has 8 heteroatoms. The van der Waals surface area contributed by atoms with Gasteiger partial charge in [0.15, 0.2) is 6.23 Å². The van der Waals surface area contributed by atoms with Crippen LogP contribution in [0.3, 0.4) is 0 Å². The van der Waals surface area contributed by atoms with E-state index in [4.69, 9.17) is 9.84 Å². The van der Waals surface area contributed by atoms with E-state index in [-0.39, 0.29) is 12.1 Å². The van der Waals surface area contributed by atoms with Crippen LogP contribution in [0.15, 0.2) is 23.1 Å². The van der Waals surface area contributed by atoms with Crippen molar-refractivity contribution >= 4 is 11.8 Å². The van der Waals surface area contributed by atoms with Crippen LogP contribution < -0.4 is 10.6 Å². The van der Waals surface area contributed by atoms with Crippen LogP contribution in [0.4, 0.5) is 5.69 Å². The molecule has 114 valence electrons. The summed E-state index contributed by atoms with van der Waals surface area (Å²) in [5.41, 5.74) is 0.173. The molecule has 4 atom stereocenters. The quantitative estimate of drug-likeness (QED) is 0.535. The molecule has 0 saturated carbocycles. The Bertz CT molecular complexity index is 628. The molecule has 2 aliphatic rings. The van der Waals surface area contributed by atoms with Crippen molar-refractivity contribution < 1.29 is 25.3 Å². The van der Waals surface area contributed by atoms with Crippen LogP contribution in [-0.4, -0.2) is 56.6 Å². The molecule has 1 saturated heterocycles. The fourth-order valence-corrected chi connectivity index (χ4v) is 2.62. The van der Waals surface area contributed by atoms with Gasteiger partial charge in [-0.3, -0.25) is 19.6 Å². The monoisotopic (exact) mass is 296 g/mol. The molecule has 0 amide bonds. The number of nitrogens with zero attached hydrogens (tertiary/aromatic N) is 2. The van der Waals surface area contributed by atoms with Gasteiger partial charge in [-0.2, -0.15) is 0 Å². The van der Waals surface area contributed by atoms with Gasteiger partial charge in [0.2, 0.25) is 0 Å². The molecule has 3 heterocycles. The Hall–Kier alpha value is -1.71. The predicted octanol–water partition coefficient (Wildman–Crippen LogP) is -1.32. The zero-order valence-electron chi connectivity index (χ0n) is 11.0. The lowest BCUT2D eigenvalue weighted by molar-refractivity contribution is -0.0544. The molecule has 1 aromatic heterocycles. The Morgan fingerprint density at radius 1 is 1.33 bits per heavy atom. The van der Waals surface area contributed by atoms with Gasteiger partial charge in [-0.1, -0.05) is 6.08 Å². The van der Waals surface area contributed by atoms with Gasteiger partial charge in [0, 0.05) is 6.20 Å². The zero-order valence-corrected chi connectivity index (χ0v) is 11.0. The largest absolute Gasteiger partial charge is 0.394 e. The summed E-state index contributed by atoms with van der Waals surface area (Å²) in [6, 6.07) is 1.52. The van der Waals surface area contributed by atoms with Gasteiger partial charge < -0.3 is 20.1 Å². The van der Waals surface area contributed by atoms with E-state index in [2.05, 4.69) is 0 Å². The lowest BCUT2D eigenvalue weighted by Crippen LogP contribution is -2.36. The lowest BCUT2D eigenvalue weighted by Gasteiger charge is -2.24. The third-order valence-corrected chi connectivity index (χ3v) is 3.77. The second kappa shape index (κ2) is 5.24. The smallest absolute Gasteiger partial charge is 0.262 e. The third kappa shape index (κ3) is 2.17. The van der Waals surface area contributed by atoms with Crippen molar-refractivity contribution in [3.05, 3.63) is 34.3 Å². The Kier molecular flexibility index (Phi) is 3.56. The number of ether oxygens (including phenoxy) is 1. The van der Waals surface area contributed by atoms with Gasteiger partial charge >= 0.3 is 0 Å². The van der Waals surface area contributed by atoms with Crippen molar-refractivity contribution in [3.63, 3.8) is 0 Å². The van der Waals surface area contributed by atoms with Gasteiger partial charge in [-0.15, -0.1) is 0 Å². The minimum absolute atomic E-state index is 0.268. The number of hydroxylamine groups is 1. The van der Waals surface area contributed by atoms with Crippen LogP contribution >= 0.6 is 0 Å². The van der Waals surface area contributed by atoms with Crippen LogP contribution in [-0.2, 0) is 4.74 Å². The van der Waals surface area contributed by atoms with E-state index < -0.39 is 36.7 Å². The van der Waals surface area contributed by atoms with Gasteiger partial charge in [0.25, 0.3) is 5.56 Å². The highest BCUT2D eigenvalue weighted by atomic mass is 16.6. The van der Waals surface area contributed by atoms with Gasteiger partial charge in [0.1, 0.15) is 18.3 Å². The Balaban J connectivity index is 2.02. The minimum Gasteiger partial charge on any atom is -0.394 e. The van der Waals surface area contributed by atoms with Crippen LogP contribution in [0.25, 0.3) is 6.08 Å². The standard InChI is InChI=1S/C13H16N2O6/c16-6-9-10(17)11(18)13(21-9)14-5-3-8-7(12(14)19)2-1-4-15(8)20/h1-3,5,9-11,13,16-18,20H,4,6H2/t9-,10-,11-,13-/m1/s1. The van der Waals surface area contributed by atoms with E-state index in [0.29, 0.717) is 5.69 Å². The first-order valence-corrected chi connectivity index (χ1v) is 6.55. The highest BCUT2D eigenvalue weighted by Crippen LogP contribution is 2.29. The molecule has 1 fully saturated rings. The molecule has 0 unspecified atom stereocenters. The maximum atomic E-state index is 12.4. The molecule has 3 rings (SSSR count). The first-order chi connectivity index (χ1) is 10.0. The lowest BCUT2D eigenvalue weighted by atomic mass is 10.1. The maximum Gasteiger partial charge on any atom is 0.262 e. The number of aromatic nitrogens is 1. The summed E-state index contributed by atoms with van der Waals surface area (Å²) in [7, 11) is 0. The molecule has 0 aromatic carbocycles. The van der Waals surface area contributed by atoms with Crippen LogP contribution in [0, 0.1) is 0 Å². The number of hydrogen-bond donors (Lipinski definition) is 4. The van der Waals surface area contributed by atoms with Crippen molar-refractivity contribution in [2.75, 3.05) is 18.2 Å². The summed E-state index contributed by atoms with van der Waals surface area (Å²) in [5.74, 6) is 0. The van der Waals surface area contributed by atoms with Crippen molar-refractivity contribution in [1.29, 1.82) is 0 Å². The van der Waals surface area contributed by atoms with Crippen molar-refractivity contribution in [3.8, 4) is 0 Å². The molecule has 0 spiro atoms. The molecule has 2 aliphatic heterocycles. The topological polar surface area (TPSA) is 115 Å². The second-order valence-electron chi connectivity index (χ2n) is 5.04. The summed E-state index contributed by atoms with van der Waals surface area (Å²) in [6.07, 6.45) is -0.0315. The summed E-state index contributed by atoms with van der Waals surface area (Å²) < 4.78 is 6.48. The molecule has 21 heavy (non-hydrogen) atoms. The fraction of sp³-hybridized carbons (Fsp3) is 0.462. The summed E-state index contributed by atoms with van der Waals surface area (Å²) >= 11 is 0. The summed E-state index contributed by atoms with van der Waals surface area (Å²) in [6.45, 7) is -0.178. The minimum atomic E-state index is -1.32. The number of aliphatic hydroxyl groups is 3. The molecule has 0 aliphatic carbocycles. The van der Waals surface area contributed by atoms with Crippen molar-refractivity contribution in [2.45, 2.75) is 24.5 Å². The first-order valence-electron chi connectivity index (χ1n) is 6.55. The van der Waals surface area contributed by atoms with Crippen LogP contribution in [0.1, 0.15) is 11.8 Å². The highest BCUT2D eigenvalue weighted by molar-refractivity contribution is 5.68. The molecule has 0 bridgehead atoms. The van der Waals surface area contributed by atoms with Crippen LogP contribution in [0.5, 0.6) is 0 Å². The number of fused-ring (bicyclic) bond motifs is 1. The molecule has 4 N–H and O–H groups in total. The van der Waals surface area contributed by atoms with Crippen LogP contribution in [0.2, 0.25) is 0 Å². The predicted molar refractivity (Wildman–Crippen MR) is 71.9 cm³/mol. The number of anilines is 1. The molecular weight excluding hydrogens is 280 g/mol. The SMILES string of the molecule is O=c1c2c(ccn1[C@@H]1O[C@H](CO)[C@@H](O)[C@H]1O)N(O)CC=C2. The van der Waals surface area contributed by atoms with Crippen molar-refractivity contribution in [1.82, 2.24) is 4.57 Å². The van der Waals surface area contributed by atoms with E-state index in [1.165, 1.54) is 12.3 Å². The van der Waals surface area contributed by atoms with Crippen molar-refractivity contribution in [2.24, 2.45) is 0 Å². The van der Waals surface area contributed by atoms with E-state index >= 15 is 0 Å². The van der Waals surface area contributed by atoms with E-state index in [9.17, 15) is 20.2 Å².